The van der Waals surface area contributed by atoms with Crippen LogP contribution in [0.25, 0.3) is 0 Å². The van der Waals surface area contributed by atoms with Crippen molar-refractivity contribution in [1.82, 2.24) is 0 Å². The molecule has 3 nitrogen and oxygen atoms in total. The molecule has 0 aliphatic heterocycles. The highest BCUT2D eigenvalue weighted by Gasteiger charge is 2.07. The van der Waals surface area contributed by atoms with Gasteiger partial charge in [0.25, 0.3) is 0 Å². The maximum absolute atomic E-state index is 11.9. The monoisotopic (exact) mass is 288 g/mol. The molecule has 0 atom stereocenters. The van der Waals surface area contributed by atoms with E-state index in [4.69, 9.17) is 8.92 Å². The van der Waals surface area contributed by atoms with Crippen molar-refractivity contribution < 1.29 is 13.7 Å². The van der Waals surface area contributed by atoms with Crippen LogP contribution in [0.5, 0.6) is 0 Å². The van der Waals surface area contributed by atoms with Gasteiger partial charge in [-0.1, -0.05) is 42.5 Å². The number of rotatable bonds is 6. The van der Waals surface area contributed by atoms with Crippen molar-refractivity contribution in [2.75, 3.05) is 6.26 Å². The van der Waals surface area contributed by atoms with E-state index in [0.717, 1.165) is 11.1 Å². The van der Waals surface area contributed by atoms with Crippen LogP contribution < -0.4 is 0 Å². The number of hydrogen-bond donors (Lipinski definition) is 0. The Morgan fingerprint density at radius 1 is 0.950 bits per heavy atom. The third-order valence-electron chi connectivity index (χ3n) is 2.75. The second-order valence-corrected chi connectivity index (χ2v) is 4.76. The summed E-state index contributed by atoms with van der Waals surface area (Å²) in [6.07, 6.45) is 1.87. The predicted octanol–water partition coefficient (Wildman–Crippen LogP) is 3.84. The van der Waals surface area contributed by atoms with Gasteiger partial charge in [0.1, 0.15) is 6.61 Å². The number of ether oxygens (including phenoxy) is 1. The van der Waals surface area contributed by atoms with Gasteiger partial charge in [-0.3, -0.25) is 0 Å². The fraction of sp³-hybridized carbons (Fsp3) is 0.188. The number of esters is 1. The van der Waals surface area contributed by atoms with Gasteiger partial charge in [0.2, 0.25) is 0 Å². The zero-order valence-corrected chi connectivity index (χ0v) is 12.1. The summed E-state index contributed by atoms with van der Waals surface area (Å²) in [6.45, 7) is 0.817. The second kappa shape index (κ2) is 7.72. The Morgan fingerprint density at radius 3 is 2.25 bits per heavy atom. The zero-order chi connectivity index (χ0) is 14.2. The van der Waals surface area contributed by atoms with Gasteiger partial charge in [0.05, 0.1) is 12.2 Å². The fourth-order valence-corrected chi connectivity index (χ4v) is 1.92. The van der Waals surface area contributed by atoms with Crippen LogP contribution in [0.1, 0.15) is 21.5 Å². The standard InChI is InChI=1S/C16H16O3S/c1-20-19-12-14-7-9-15(10-8-14)16(17)18-11-13-5-3-2-4-6-13/h2-10H,11-12H2,1H3. The summed E-state index contributed by atoms with van der Waals surface area (Å²) in [7, 11) is 0. The molecule has 0 spiro atoms. The number of benzene rings is 2. The second-order valence-electron chi connectivity index (χ2n) is 4.19. The molecule has 2 rings (SSSR count). The molecule has 0 radical (unpaired) electrons. The van der Waals surface area contributed by atoms with E-state index in [1.54, 1.807) is 12.1 Å². The van der Waals surface area contributed by atoms with E-state index in [1.807, 2.05) is 48.7 Å². The van der Waals surface area contributed by atoms with Crippen molar-refractivity contribution in [3.8, 4) is 0 Å². The van der Waals surface area contributed by atoms with E-state index >= 15 is 0 Å². The quantitative estimate of drug-likeness (QED) is 0.597. The minimum Gasteiger partial charge on any atom is -0.457 e. The lowest BCUT2D eigenvalue weighted by Crippen LogP contribution is -2.05. The van der Waals surface area contributed by atoms with Crippen molar-refractivity contribution in [3.63, 3.8) is 0 Å². The first-order valence-corrected chi connectivity index (χ1v) is 7.40. The Balaban J connectivity index is 1.89. The Morgan fingerprint density at radius 2 is 1.60 bits per heavy atom. The van der Waals surface area contributed by atoms with Crippen molar-refractivity contribution in [2.45, 2.75) is 13.2 Å². The number of carbonyl (C=O) groups is 1. The lowest BCUT2D eigenvalue weighted by atomic mass is 10.1. The van der Waals surface area contributed by atoms with Crippen LogP contribution in [0, 0.1) is 0 Å². The third kappa shape index (κ3) is 4.40. The van der Waals surface area contributed by atoms with E-state index < -0.39 is 0 Å². The minimum atomic E-state index is -0.314. The first-order valence-electron chi connectivity index (χ1n) is 6.25. The molecule has 0 heterocycles. The summed E-state index contributed by atoms with van der Waals surface area (Å²) in [5, 5.41) is 0. The highest BCUT2D eigenvalue weighted by atomic mass is 32.2. The fourth-order valence-electron chi connectivity index (χ4n) is 1.67. The molecule has 20 heavy (non-hydrogen) atoms. The SMILES string of the molecule is CSOCc1ccc(C(=O)OCc2ccccc2)cc1. The summed E-state index contributed by atoms with van der Waals surface area (Å²) in [5.74, 6) is -0.314. The molecule has 0 aliphatic carbocycles. The molecule has 0 amide bonds. The Bertz CT molecular complexity index is 537. The third-order valence-corrected chi connectivity index (χ3v) is 3.10. The van der Waals surface area contributed by atoms with Gasteiger partial charge in [-0.2, -0.15) is 0 Å². The van der Waals surface area contributed by atoms with E-state index in [-0.39, 0.29) is 12.6 Å². The Labute approximate surface area is 123 Å². The first kappa shape index (κ1) is 14.6. The van der Waals surface area contributed by atoms with Gasteiger partial charge in [0, 0.05) is 6.26 Å². The van der Waals surface area contributed by atoms with Crippen molar-refractivity contribution in [3.05, 3.63) is 71.3 Å². The van der Waals surface area contributed by atoms with Crippen LogP contribution in [-0.2, 0) is 22.1 Å². The molecule has 2 aromatic carbocycles. The number of carbonyl (C=O) groups excluding carboxylic acids is 1. The van der Waals surface area contributed by atoms with Gasteiger partial charge < -0.3 is 8.92 Å². The molecule has 0 unspecified atom stereocenters. The maximum atomic E-state index is 11.9. The van der Waals surface area contributed by atoms with Crippen LogP contribution in [0.15, 0.2) is 54.6 Å². The van der Waals surface area contributed by atoms with Gasteiger partial charge in [-0.25, -0.2) is 4.79 Å². The summed E-state index contributed by atoms with van der Waals surface area (Å²) in [5.41, 5.74) is 2.55. The number of hydrogen-bond acceptors (Lipinski definition) is 4. The molecule has 0 fully saturated rings. The summed E-state index contributed by atoms with van der Waals surface area (Å²) < 4.78 is 10.5. The lowest BCUT2D eigenvalue weighted by Gasteiger charge is -2.06. The van der Waals surface area contributed by atoms with Crippen LogP contribution in [0.4, 0.5) is 0 Å². The zero-order valence-electron chi connectivity index (χ0n) is 11.2. The molecule has 4 heteroatoms. The molecular weight excluding hydrogens is 272 g/mol. The molecule has 0 N–H and O–H groups in total. The Kier molecular flexibility index (Phi) is 5.65. The predicted molar refractivity (Wildman–Crippen MR) is 80.3 cm³/mol. The molecule has 0 aliphatic rings. The van der Waals surface area contributed by atoms with Crippen molar-refractivity contribution in [2.24, 2.45) is 0 Å². The van der Waals surface area contributed by atoms with E-state index in [9.17, 15) is 4.79 Å². The topological polar surface area (TPSA) is 35.5 Å². The van der Waals surface area contributed by atoms with Crippen LogP contribution in [0.2, 0.25) is 0 Å². The van der Waals surface area contributed by atoms with Crippen LogP contribution in [0.3, 0.4) is 0 Å². The lowest BCUT2D eigenvalue weighted by molar-refractivity contribution is 0.0472. The van der Waals surface area contributed by atoms with Gasteiger partial charge in [-0.15, -0.1) is 0 Å². The van der Waals surface area contributed by atoms with Gasteiger partial charge in [0.15, 0.2) is 0 Å². The normalized spacial score (nSPS) is 10.2. The molecule has 104 valence electrons. The minimum absolute atomic E-state index is 0.289. The van der Waals surface area contributed by atoms with Crippen LogP contribution >= 0.6 is 12.0 Å². The Hall–Kier alpha value is -1.78. The van der Waals surface area contributed by atoms with Gasteiger partial charge >= 0.3 is 5.97 Å². The highest BCUT2D eigenvalue weighted by Crippen LogP contribution is 2.10. The summed E-state index contributed by atoms with van der Waals surface area (Å²) in [6, 6.07) is 16.9. The average Bonchev–Trinajstić information content (AvgIpc) is 2.52. The largest absolute Gasteiger partial charge is 0.457 e. The molecule has 0 saturated carbocycles. The first-order chi connectivity index (χ1) is 9.79. The van der Waals surface area contributed by atoms with Crippen molar-refractivity contribution >= 4 is 18.0 Å². The summed E-state index contributed by atoms with van der Waals surface area (Å²) in [4.78, 5) is 11.9. The molecule has 0 bridgehead atoms. The molecule has 0 saturated heterocycles. The van der Waals surface area contributed by atoms with E-state index in [1.165, 1.54) is 12.0 Å². The van der Waals surface area contributed by atoms with Crippen LogP contribution in [-0.4, -0.2) is 12.2 Å². The van der Waals surface area contributed by atoms with E-state index in [2.05, 4.69) is 0 Å². The smallest absolute Gasteiger partial charge is 0.338 e. The maximum Gasteiger partial charge on any atom is 0.338 e. The molecular formula is C16H16O3S. The van der Waals surface area contributed by atoms with E-state index in [0.29, 0.717) is 12.2 Å². The average molecular weight is 288 g/mol. The molecule has 0 aromatic heterocycles. The molecule has 2 aromatic rings. The van der Waals surface area contributed by atoms with Gasteiger partial charge in [-0.05, 0) is 35.3 Å². The summed E-state index contributed by atoms with van der Waals surface area (Å²) >= 11 is 1.32. The van der Waals surface area contributed by atoms with Crippen molar-refractivity contribution in [1.29, 1.82) is 0 Å². The highest BCUT2D eigenvalue weighted by molar-refractivity contribution is 7.93.